The van der Waals surface area contributed by atoms with Gasteiger partial charge in [-0.1, -0.05) is 17.8 Å². The minimum Gasteiger partial charge on any atom is -0.305 e. The van der Waals surface area contributed by atoms with E-state index >= 15 is 0 Å². The van der Waals surface area contributed by atoms with Crippen LogP contribution >= 0.6 is 11.8 Å². The molecule has 34 heavy (non-hydrogen) atoms. The van der Waals surface area contributed by atoms with Crippen molar-refractivity contribution < 1.29 is 17.6 Å². The molecule has 1 saturated heterocycles. The highest BCUT2D eigenvalue weighted by molar-refractivity contribution is 7.99. The van der Waals surface area contributed by atoms with Crippen LogP contribution in [0.4, 0.5) is 17.6 Å². The lowest BCUT2D eigenvalue weighted by Gasteiger charge is -2.21. The highest BCUT2D eigenvalue weighted by Crippen LogP contribution is 2.59. The Hall–Kier alpha value is -2.46. The summed E-state index contributed by atoms with van der Waals surface area (Å²) in [5, 5.41) is 9.48. The van der Waals surface area contributed by atoms with Crippen LogP contribution in [0.25, 0.3) is 11.4 Å². The van der Waals surface area contributed by atoms with E-state index in [4.69, 9.17) is 0 Å². The average Bonchev–Trinajstić information content (AvgIpc) is 3.16. The summed E-state index contributed by atoms with van der Waals surface area (Å²) < 4.78 is 55.2. The van der Waals surface area contributed by atoms with Gasteiger partial charge in [0.15, 0.2) is 11.0 Å². The van der Waals surface area contributed by atoms with Gasteiger partial charge >= 0.3 is 6.18 Å². The fourth-order valence-corrected chi connectivity index (χ4v) is 5.95. The molecular weight excluding hydrogens is 466 g/mol. The summed E-state index contributed by atoms with van der Waals surface area (Å²) in [7, 11) is 1.94. The number of pyridine rings is 1. The molecule has 1 aliphatic carbocycles. The summed E-state index contributed by atoms with van der Waals surface area (Å²) in [5.41, 5.74) is 1.03. The van der Waals surface area contributed by atoms with Crippen LogP contribution in [0.3, 0.4) is 0 Å². The summed E-state index contributed by atoms with van der Waals surface area (Å²) in [6.07, 6.45) is -1.00. The van der Waals surface area contributed by atoms with E-state index in [1.807, 2.05) is 30.7 Å². The minimum absolute atomic E-state index is 0.315. The number of rotatable bonds is 7. The number of aryl methyl sites for hydroxylation is 1. The second kappa shape index (κ2) is 8.64. The first-order valence-corrected chi connectivity index (χ1v) is 12.2. The number of fused-ring (bicyclic) bond motifs is 1. The molecule has 1 aliphatic heterocycles. The molecule has 1 saturated carbocycles. The van der Waals surface area contributed by atoms with E-state index in [1.54, 1.807) is 18.0 Å². The number of likely N-dealkylation sites (tertiary alicyclic amines) is 1. The van der Waals surface area contributed by atoms with Crippen molar-refractivity contribution >= 4 is 11.8 Å². The molecule has 5 rings (SSSR count). The lowest BCUT2D eigenvalue weighted by atomic mass is 9.93. The standard InChI is InChI=1S/C24H25F4N5S/c1-15-18(5-3-8-29-15)21-30-31-22(32(21)2)34-10-4-9-33-13-17-12-23(17,14-33)19-7-6-16(11-20(19)25)24(26,27)28/h3,5-8,11,17H,4,9-10,12-14H2,1-2H3/t17-,23+/m1/s1. The molecule has 1 aromatic carbocycles. The summed E-state index contributed by atoms with van der Waals surface area (Å²) in [5.74, 6) is 1.22. The number of alkyl halides is 3. The Labute approximate surface area is 199 Å². The highest BCUT2D eigenvalue weighted by Gasteiger charge is 2.61. The van der Waals surface area contributed by atoms with Crippen molar-refractivity contribution in [3.63, 3.8) is 0 Å². The normalized spacial score (nSPS) is 22.2. The number of thioether (sulfide) groups is 1. The van der Waals surface area contributed by atoms with E-state index in [2.05, 4.69) is 20.1 Å². The van der Waals surface area contributed by atoms with Crippen LogP contribution in [0.15, 0.2) is 41.7 Å². The van der Waals surface area contributed by atoms with E-state index < -0.39 is 17.6 Å². The summed E-state index contributed by atoms with van der Waals surface area (Å²) in [6.45, 7) is 4.36. The topological polar surface area (TPSA) is 46.8 Å². The van der Waals surface area contributed by atoms with E-state index in [0.717, 1.165) is 60.0 Å². The van der Waals surface area contributed by atoms with Crippen molar-refractivity contribution in [2.45, 2.75) is 36.5 Å². The molecule has 2 aromatic heterocycles. The largest absolute Gasteiger partial charge is 0.416 e. The first-order valence-electron chi connectivity index (χ1n) is 11.2. The van der Waals surface area contributed by atoms with Gasteiger partial charge in [0.2, 0.25) is 0 Å². The number of nitrogens with zero attached hydrogens (tertiary/aromatic N) is 5. The van der Waals surface area contributed by atoms with Crippen molar-refractivity contribution in [1.82, 2.24) is 24.6 Å². The molecule has 2 fully saturated rings. The first-order chi connectivity index (χ1) is 16.2. The second-order valence-corrected chi connectivity index (χ2v) is 10.3. The monoisotopic (exact) mass is 491 g/mol. The molecule has 2 aliphatic rings. The molecule has 0 amide bonds. The molecule has 180 valence electrons. The van der Waals surface area contributed by atoms with Gasteiger partial charge in [-0.15, -0.1) is 10.2 Å². The molecule has 5 nitrogen and oxygen atoms in total. The van der Waals surface area contributed by atoms with Crippen molar-refractivity contribution in [1.29, 1.82) is 0 Å². The third-order valence-corrected chi connectivity index (χ3v) is 8.09. The Morgan fingerprint density at radius 3 is 2.76 bits per heavy atom. The fraction of sp³-hybridized carbons (Fsp3) is 0.458. The van der Waals surface area contributed by atoms with E-state index in [9.17, 15) is 17.6 Å². The third kappa shape index (κ3) is 4.22. The van der Waals surface area contributed by atoms with Gasteiger partial charge in [0.25, 0.3) is 0 Å². The zero-order valence-corrected chi connectivity index (χ0v) is 19.8. The van der Waals surface area contributed by atoms with Gasteiger partial charge in [-0.3, -0.25) is 4.98 Å². The molecule has 0 radical (unpaired) electrons. The van der Waals surface area contributed by atoms with Gasteiger partial charge in [-0.2, -0.15) is 13.2 Å². The Morgan fingerprint density at radius 2 is 2.03 bits per heavy atom. The van der Waals surface area contributed by atoms with Gasteiger partial charge in [-0.05, 0) is 62.1 Å². The lowest BCUT2D eigenvalue weighted by Crippen LogP contribution is -2.28. The molecule has 0 N–H and O–H groups in total. The zero-order chi connectivity index (χ0) is 24.1. The molecular formula is C24H25F4N5S. The van der Waals surface area contributed by atoms with Crippen molar-refractivity contribution in [2.75, 3.05) is 25.4 Å². The van der Waals surface area contributed by atoms with Crippen LogP contribution in [0.5, 0.6) is 0 Å². The molecule has 3 aromatic rings. The third-order valence-electron chi connectivity index (χ3n) is 6.98. The predicted octanol–water partition coefficient (Wildman–Crippen LogP) is 5.10. The summed E-state index contributed by atoms with van der Waals surface area (Å²) >= 11 is 1.64. The Bertz CT molecular complexity index is 1210. The number of halogens is 4. The number of benzene rings is 1. The van der Waals surface area contributed by atoms with Gasteiger partial charge in [0, 0.05) is 48.8 Å². The first kappa shape index (κ1) is 23.3. The molecule has 10 heteroatoms. The molecule has 0 spiro atoms. The minimum atomic E-state index is -4.53. The quantitative estimate of drug-likeness (QED) is 0.262. The second-order valence-electron chi connectivity index (χ2n) is 9.19. The van der Waals surface area contributed by atoms with Crippen LogP contribution in [0.2, 0.25) is 0 Å². The van der Waals surface area contributed by atoms with Crippen LogP contribution in [-0.4, -0.2) is 50.0 Å². The SMILES string of the molecule is Cc1ncccc1-c1nnc(SCCCN2C[C@H]3C[C@]3(c3ccc(C(F)(F)F)cc3F)C2)n1C. The Morgan fingerprint density at radius 1 is 1.21 bits per heavy atom. The van der Waals surface area contributed by atoms with Gasteiger partial charge in [-0.25, -0.2) is 4.39 Å². The predicted molar refractivity (Wildman–Crippen MR) is 122 cm³/mol. The molecule has 3 heterocycles. The van der Waals surface area contributed by atoms with Crippen LogP contribution in [0, 0.1) is 18.7 Å². The van der Waals surface area contributed by atoms with Gasteiger partial charge < -0.3 is 9.47 Å². The van der Waals surface area contributed by atoms with Crippen LogP contribution < -0.4 is 0 Å². The summed E-state index contributed by atoms with van der Waals surface area (Å²) in [6, 6.07) is 6.85. The molecule has 0 bridgehead atoms. The van der Waals surface area contributed by atoms with Gasteiger partial charge in [0.05, 0.1) is 5.56 Å². The zero-order valence-electron chi connectivity index (χ0n) is 18.9. The highest BCUT2D eigenvalue weighted by atomic mass is 32.2. The van der Waals surface area contributed by atoms with Crippen molar-refractivity contribution in [3.05, 3.63) is 59.2 Å². The number of hydrogen-bond acceptors (Lipinski definition) is 5. The lowest BCUT2D eigenvalue weighted by molar-refractivity contribution is -0.137. The number of piperidine rings is 1. The Balaban J connectivity index is 1.15. The van der Waals surface area contributed by atoms with Crippen LogP contribution in [-0.2, 0) is 18.6 Å². The maximum Gasteiger partial charge on any atom is 0.416 e. The average molecular weight is 492 g/mol. The number of hydrogen-bond donors (Lipinski definition) is 0. The van der Waals surface area contributed by atoms with Crippen molar-refractivity contribution in [2.24, 2.45) is 13.0 Å². The molecule has 2 atom stereocenters. The fourth-order valence-electron chi connectivity index (χ4n) is 5.12. The maximum absolute atomic E-state index is 14.6. The van der Waals surface area contributed by atoms with E-state index in [1.165, 1.54) is 6.07 Å². The van der Waals surface area contributed by atoms with E-state index in [0.29, 0.717) is 24.1 Å². The smallest absolute Gasteiger partial charge is 0.305 e. The Kier molecular flexibility index (Phi) is 5.92. The number of aromatic nitrogens is 4. The molecule has 0 unspecified atom stereocenters. The van der Waals surface area contributed by atoms with Crippen LogP contribution in [0.1, 0.15) is 29.7 Å². The van der Waals surface area contributed by atoms with Crippen molar-refractivity contribution in [3.8, 4) is 11.4 Å². The van der Waals surface area contributed by atoms with E-state index in [-0.39, 0.29) is 5.41 Å². The maximum atomic E-state index is 14.6. The summed E-state index contributed by atoms with van der Waals surface area (Å²) in [4.78, 5) is 6.61. The van der Waals surface area contributed by atoms with Gasteiger partial charge in [0.1, 0.15) is 5.82 Å².